The van der Waals surface area contributed by atoms with Crippen LogP contribution >= 0.6 is 0 Å². The first-order valence-electron chi connectivity index (χ1n) is 5.35. The van der Waals surface area contributed by atoms with Gasteiger partial charge in [-0.05, 0) is 6.07 Å². The van der Waals surface area contributed by atoms with Gasteiger partial charge in [-0.2, -0.15) is 4.72 Å². The Balaban J connectivity index is 3.10. The molecule has 11 heteroatoms. The zero-order valence-corrected chi connectivity index (χ0v) is 11.1. The maximum Gasteiger partial charge on any atom is 0.322 e. The van der Waals surface area contributed by atoms with Crippen LogP contribution in [0.15, 0.2) is 29.2 Å². The molecule has 10 nitrogen and oxygen atoms in total. The summed E-state index contributed by atoms with van der Waals surface area (Å²) in [5.41, 5.74) is -0.497. The van der Waals surface area contributed by atoms with Gasteiger partial charge in [0, 0.05) is 12.1 Å². The van der Waals surface area contributed by atoms with E-state index in [0.29, 0.717) is 0 Å². The second-order valence-electron chi connectivity index (χ2n) is 3.86. The van der Waals surface area contributed by atoms with Gasteiger partial charge in [-0.3, -0.25) is 19.7 Å². The highest BCUT2D eigenvalue weighted by atomic mass is 32.2. The lowest BCUT2D eigenvalue weighted by atomic mass is 10.2. The molecular formula is C10H10N2O8S. The lowest BCUT2D eigenvalue weighted by Gasteiger charge is -2.12. The van der Waals surface area contributed by atoms with Gasteiger partial charge in [-0.15, -0.1) is 0 Å². The van der Waals surface area contributed by atoms with Crippen molar-refractivity contribution in [3.05, 3.63) is 34.4 Å². The van der Waals surface area contributed by atoms with Crippen molar-refractivity contribution in [2.24, 2.45) is 0 Å². The first-order chi connectivity index (χ1) is 9.63. The summed E-state index contributed by atoms with van der Waals surface area (Å²) >= 11 is 0. The Labute approximate surface area is 118 Å². The number of carboxylic acid groups (broad SMARTS) is 2. The van der Waals surface area contributed by atoms with Gasteiger partial charge in [-0.25, -0.2) is 8.42 Å². The molecule has 0 saturated carbocycles. The van der Waals surface area contributed by atoms with E-state index in [1.807, 2.05) is 0 Å². The van der Waals surface area contributed by atoms with Gasteiger partial charge in [0.25, 0.3) is 5.69 Å². The van der Waals surface area contributed by atoms with Crippen molar-refractivity contribution in [3.63, 3.8) is 0 Å². The number of sulfonamides is 1. The van der Waals surface area contributed by atoms with Gasteiger partial charge < -0.3 is 10.2 Å². The van der Waals surface area contributed by atoms with Crippen molar-refractivity contribution in [1.82, 2.24) is 4.72 Å². The van der Waals surface area contributed by atoms with E-state index in [9.17, 15) is 28.1 Å². The van der Waals surface area contributed by atoms with Crippen molar-refractivity contribution in [2.45, 2.75) is 17.4 Å². The molecule has 0 saturated heterocycles. The second-order valence-corrected chi connectivity index (χ2v) is 5.58. The lowest BCUT2D eigenvalue weighted by molar-refractivity contribution is -0.385. The number of carboxylic acids is 2. The molecule has 1 aromatic carbocycles. The van der Waals surface area contributed by atoms with E-state index in [0.717, 1.165) is 24.3 Å². The summed E-state index contributed by atoms with van der Waals surface area (Å²) in [5, 5.41) is 27.9. The molecule has 21 heavy (non-hydrogen) atoms. The quantitative estimate of drug-likeness (QED) is 0.459. The van der Waals surface area contributed by atoms with Gasteiger partial charge in [0.1, 0.15) is 6.04 Å². The summed E-state index contributed by atoms with van der Waals surface area (Å²) in [6, 6.07) is 2.05. The standard InChI is InChI=1S/C10H10N2O8S/c13-9(14)5-8(10(15)16)11-21(19,20)7-3-1-2-6(4-7)12(17)18/h1-4,8,11H,5H2,(H,13,14)(H,15,16)/t8-/m1/s1. The molecule has 1 atom stereocenters. The average molecular weight is 318 g/mol. The monoisotopic (exact) mass is 318 g/mol. The van der Waals surface area contributed by atoms with Crippen LogP contribution in [0.4, 0.5) is 5.69 Å². The van der Waals surface area contributed by atoms with Crippen LogP contribution in [0, 0.1) is 10.1 Å². The van der Waals surface area contributed by atoms with Crippen molar-refractivity contribution in [3.8, 4) is 0 Å². The van der Waals surface area contributed by atoms with Gasteiger partial charge in [0.2, 0.25) is 10.0 Å². The number of aliphatic carboxylic acids is 2. The molecule has 0 aliphatic carbocycles. The number of hydrogen-bond acceptors (Lipinski definition) is 6. The van der Waals surface area contributed by atoms with E-state index in [-0.39, 0.29) is 0 Å². The zero-order chi connectivity index (χ0) is 16.2. The number of hydrogen-bond donors (Lipinski definition) is 3. The Morgan fingerprint density at radius 1 is 1.33 bits per heavy atom. The Morgan fingerprint density at radius 2 is 1.95 bits per heavy atom. The van der Waals surface area contributed by atoms with E-state index >= 15 is 0 Å². The maximum absolute atomic E-state index is 11.9. The SMILES string of the molecule is O=C(O)C[C@@H](NS(=O)(=O)c1cccc([N+](=O)[O-])c1)C(=O)O. The Bertz CT molecular complexity index is 684. The fraction of sp³-hybridized carbons (Fsp3) is 0.200. The number of nitro benzene ring substituents is 1. The van der Waals surface area contributed by atoms with E-state index in [4.69, 9.17) is 10.2 Å². The molecule has 114 valence electrons. The van der Waals surface area contributed by atoms with Gasteiger partial charge in [0.05, 0.1) is 16.2 Å². The predicted octanol–water partition coefficient (Wildman–Crippen LogP) is -0.199. The molecule has 0 unspecified atom stereocenters. The highest BCUT2D eigenvalue weighted by Crippen LogP contribution is 2.17. The second kappa shape index (κ2) is 6.28. The third kappa shape index (κ3) is 4.50. The fourth-order valence-corrected chi connectivity index (χ4v) is 2.60. The predicted molar refractivity (Wildman–Crippen MR) is 67.1 cm³/mol. The third-order valence-electron chi connectivity index (χ3n) is 2.31. The van der Waals surface area contributed by atoms with Crippen LogP contribution in [0.3, 0.4) is 0 Å². The molecule has 3 N–H and O–H groups in total. The number of nitrogens with zero attached hydrogens (tertiary/aromatic N) is 1. The normalized spacial score (nSPS) is 12.6. The number of carbonyl (C=O) groups is 2. The topological polar surface area (TPSA) is 164 Å². The average Bonchev–Trinajstić information content (AvgIpc) is 2.37. The molecule has 0 spiro atoms. The van der Waals surface area contributed by atoms with Gasteiger partial charge >= 0.3 is 11.9 Å². The lowest BCUT2D eigenvalue weighted by Crippen LogP contribution is -2.42. The molecule has 0 heterocycles. The zero-order valence-electron chi connectivity index (χ0n) is 10.3. The van der Waals surface area contributed by atoms with E-state index in [1.165, 1.54) is 0 Å². The summed E-state index contributed by atoms with van der Waals surface area (Å²) in [6.07, 6.45) is -0.969. The van der Waals surface area contributed by atoms with Gasteiger partial charge in [-0.1, -0.05) is 6.07 Å². The van der Waals surface area contributed by atoms with Crippen LogP contribution in [0.5, 0.6) is 0 Å². The third-order valence-corrected chi connectivity index (χ3v) is 3.78. The molecule has 0 bridgehead atoms. The molecule has 0 aliphatic heterocycles. The highest BCUT2D eigenvalue weighted by Gasteiger charge is 2.28. The Morgan fingerprint density at radius 3 is 2.43 bits per heavy atom. The van der Waals surface area contributed by atoms with Crippen LogP contribution in [0.1, 0.15) is 6.42 Å². The van der Waals surface area contributed by atoms with E-state index in [1.54, 1.807) is 4.72 Å². The van der Waals surface area contributed by atoms with Crippen LogP contribution in [-0.4, -0.2) is 41.5 Å². The molecule has 0 aliphatic rings. The summed E-state index contributed by atoms with van der Waals surface area (Å²) in [6.45, 7) is 0. The van der Waals surface area contributed by atoms with Crippen molar-refractivity contribution in [2.75, 3.05) is 0 Å². The summed E-state index contributed by atoms with van der Waals surface area (Å²) in [7, 11) is -4.40. The van der Waals surface area contributed by atoms with Crippen molar-refractivity contribution < 1.29 is 33.1 Å². The van der Waals surface area contributed by atoms with Crippen LogP contribution in [-0.2, 0) is 19.6 Å². The van der Waals surface area contributed by atoms with Crippen molar-refractivity contribution in [1.29, 1.82) is 0 Å². The number of nitrogens with one attached hydrogen (secondary N) is 1. The minimum Gasteiger partial charge on any atom is -0.481 e. The molecule has 1 rings (SSSR count). The summed E-state index contributed by atoms with van der Waals surface area (Å²) in [5.74, 6) is -3.18. The smallest absolute Gasteiger partial charge is 0.322 e. The molecule has 0 aromatic heterocycles. The Kier molecular flexibility index (Phi) is 4.94. The number of rotatable bonds is 7. The summed E-state index contributed by atoms with van der Waals surface area (Å²) < 4.78 is 25.5. The van der Waals surface area contributed by atoms with Crippen LogP contribution < -0.4 is 4.72 Å². The van der Waals surface area contributed by atoms with Crippen LogP contribution in [0.2, 0.25) is 0 Å². The Hall–Kier alpha value is -2.53. The maximum atomic E-state index is 11.9. The van der Waals surface area contributed by atoms with Gasteiger partial charge in [0.15, 0.2) is 0 Å². The first kappa shape index (κ1) is 16.5. The van der Waals surface area contributed by atoms with Crippen LogP contribution in [0.25, 0.3) is 0 Å². The number of benzene rings is 1. The number of non-ortho nitro benzene ring substituents is 1. The fourth-order valence-electron chi connectivity index (χ4n) is 1.37. The summed E-state index contributed by atoms with van der Waals surface area (Å²) in [4.78, 5) is 30.5. The van der Waals surface area contributed by atoms with E-state index < -0.39 is 49.9 Å². The minimum absolute atomic E-state index is 0.497. The highest BCUT2D eigenvalue weighted by molar-refractivity contribution is 7.89. The van der Waals surface area contributed by atoms with E-state index in [2.05, 4.69) is 0 Å². The molecular weight excluding hydrogens is 308 g/mol. The first-order valence-corrected chi connectivity index (χ1v) is 6.83. The molecule has 0 amide bonds. The molecule has 1 aromatic rings. The minimum atomic E-state index is -4.40. The molecule has 0 fully saturated rings. The van der Waals surface area contributed by atoms with Crippen molar-refractivity contribution >= 4 is 27.6 Å². The molecule has 0 radical (unpaired) electrons. The number of nitro groups is 1. The largest absolute Gasteiger partial charge is 0.481 e.